The quantitative estimate of drug-likeness (QED) is 0.864. The van der Waals surface area contributed by atoms with Crippen molar-refractivity contribution in [2.45, 2.75) is 33.1 Å². The summed E-state index contributed by atoms with van der Waals surface area (Å²) >= 11 is 0. The van der Waals surface area contributed by atoms with Crippen LogP contribution < -0.4 is 5.32 Å². The average Bonchev–Trinajstić information content (AvgIpc) is 2.71. The molecule has 1 amide bonds. The molecule has 0 saturated carbocycles. The molecule has 0 aromatic carbocycles. The van der Waals surface area contributed by atoms with Crippen LogP contribution in [-0.4, -0.2) is 32.2 Å². The summed E-state index contributed by atoms with van der Waals surface area (Å²) in [5, 5.41) is 7.27. The van der Waals surface area contributed by atoms with Crippen molar-refractivity contribution in [2.75, 3.05) is 6.54 Å². The molecule has 0 saturated heterocycles. The van der Waals surface area contributed by atoms with Crippen molar-refractivity contribution >= 4 is 5.91 Å². The zero-order valence-electron chi connectivity index (χ0n) is 12.8. The summed E-state index contributed by atoms with van der Waals surface area (Å²) in [5.41, 5.74) is 4.18. The van der Waals surface area contributed by atoms with Crippen LogP contribution in [-0.2, 0) is 24.7 Å². The van der Waals surface area contributed by atoms with E-state index in [1.54, 1.807) is 18.6 Å². The Hall–Kier alpha value is -2.24. The van der Waals surface area contributed by atoms with Gasteiger partial charge in [-0.15, -0.1) is 0 Å². The minimum Gasteiger partial charge on any atom is -0.356 e. The Morgan fingerprint density at radius 3 is 2.71 bits per heavy atom. The van der Waals surface area contributed by atoms with E-state index in [2.05, 4.69) is 20.4 Å². The van der Waals surface area contributed by atoms with Gasteiger partial charge in [-0.3, -0.25) is 19.4 Å². The highest BCUT2D eigenvalue weighted by Crippen LogP contribution is 2.13. The predicted molar refractivity (Wildman–Crippen MR) is 79.7 cm³/mol. The van der Waals surface area contributed by atoms with E-state index in [0.29, 0.717) is 19.4 Å². The lowest BCUT2D eigenvalue weighted by Gasteiger charge is -2.05. The van der Waals surface area contributed by atoms with Crippen LogP contribution in [0.1, 0.15) is 29.1 Å². The molecule has 112 valence electrons. The summed E-state index contributed by atoms with van der Waals surface area (Å²) in [5.74, 6) is 0.0570. The molecule has 0 bridgehead atoms. The minimum absolute atomic E-state index is 0.0570. The van der Waals surface area contributed by atoms with Crippen molar-refractivity contribution in [3.8, 4) is 0 Å². The van der Waals surface area contributed by atoms with Gasteiger partial charge in [0.1, 0.15) is 0 Å². The molecule has 2 aromatic rings. The van der Waals surface area contributed by atoms with Gasteiger partial charge >= 0.3 is 0 Å². The van der Waals surface area contributed by atoms with Crippen LogP contribution in [0.25, 0.3) is 0 Å². The third-order valence-corrected chi connectivity index (χ3v) is 3.58. The van der Waals surface area contributed by atoms with Gasteiger partial charge in [0.05, 0.1) is 11.4 Å². The number of carbonyl (C=O) groups excluding carboxylic acids is 1. The van der Waals surface area contributed by atoms with E-state index in [-0.39, 0.29) is 5.91 Å². The Kier molecular flexibility index (Phi) is 5.03. The lowest BCUT2D eigenvalue weighted by atomic mass is 10.1. The van der Waals surface area contributed by atoms with Crippen LogP contribution >= 0.6 is 0 Å². The topological polar surface area (TPSA) is 72.7 Å². The van der Waals surface area contributed by atoms with Gasteiger partial charge in [-0.05, 0) is 25.8 Å². The number of carbonyl (C=O) groups is 1. The fourth-order valence-electron chi connectivity index (χ4n) is 2.30. The van der Waals surface area contributed by atoms with E-state index in [9.17, 15) is 4.79 Å². The van der Waals surface area contributed by atoms with Crippen LogP contribution in [0.3, 0.4) is 0 Å². The van der Waals surface area contributed by atoms with Crippen LogP contribution in [0.2, 0.25) is 0 Å². The fourth-order valence-corrected chi connectivity index (χ4v) is 2.30. The number of aryl methyl sites for hydroxylation is 2. The summed E-state index contributed by atoms with van der Waals surface area (Å²) in [6.07, 6.45) is 6.92. The second-order valence-corrected chi connectivity index (χ2v) is 5.07. The van der Waals surface area contributed by atoms with Gasteiger partial charge in [-0.2, -0.15) is 5.10 Å². The van der Waals surface area contributed by atoms with Crippen molar-refractivity contribution in [1.82, 2.24) is 25.1 Å². The Balaban J connectivity index is 1.75. The first kappa shape index (κ1) is 15.2. The largest absolute Gasteiger partial charge is 0.356 e. The fraction of sp³-hybridized carbons (Fsp3) is 0.467. The molecule has 21 heavy (non-hydrogen) atoms. The Bertz CT molecular complexity index is 606. The van der Waals surface area contributed by atoms with Gasteiger partial charge in [0.15, 0.2) is 0 Å². The highest BCUT2D eigenvalue weighted by Gasteiger charge is 2.11. The highest BCUT2D eigenvalue weighted by atomic mass is 16.1. The van der Waals surface area contributed by atoms with Crippen molar-refractivity contribution in [1.29, 1.82) is 0 Å². The number of amides is 1. The lowest BCUT2D eigenvalue weighted by Crippen LogP contribution is -2.26. The van der Waals surface area contributed by atoms with Gasteiger partial charge in [-0.25, -0.2) is 0 Å². The van der Waals surface area contributed by atoms with Crippen molar-refractivity contribution < 1.29 is 4.79 Å². The van der Waals surface area contributed by atoms with E-state index >= 15 is 0 Å². The maximum Gasteiger partial charge on any atom is 0.220 e. The molecule has 1 N–H and O–H groups in total. The predicted octanol–water partition coefficient (Wildman–Crippen LogP) is 1.12. The standard InChI is InChI=1S/C15H21N5O/c1-11-14(12(2)20(3)19-11)4-5-15(21)18-7-6-13-10-16-8-9-17-13/h8-10H,4-7H2,1-3H3,(H,18,21). The molecule has 0 unspecified atom stereocenters. The van der Waals surface area contributed by atoms with Crippen molar-refractivity contribution in [3.63, 3.8) is 0 Å². The monoisotopic (exact) mass is 287 g/mol. The summed E-state index contributed by atoms with van der Waals surface area (Å²) in [6.45, 7) is 4.60. The van der Waals surface area contributed by atoms with Crippen LogP contribution in [0.5, 0.6) is 0 Å². The first-order valence-electron chi connectivity index (χ1n) is 7.08. The average molecular weight is 287 g/mol. The summed E-state index contributed by atoms with van der Waals surface area (Å²) in [6, 6.07) is 0. The summed E-state index contributed by atoms with van der Waals surface area (Å²) < 4.78 is 1.86. The Morgan fingerprint density at radius 1 is 1.29 bits per heavy atom. The summed E-state index contributed by atoms with van der Waals surface area (Å²) in [7, 11) is 1.92. The molecule has 0 radical (unpaired) electrons. The molecule has 2 heterocycles. The van der Waals surface area contributed by atoms with Gasteiger partial charge in [0.25, 0.3) is 0 Å². The molecule has 2 rings (SSSR count). The third-order valence-electron chi connectivity index (χ3n) is 3.58. The highest BCUT2D eigenvalue weighted by molar-refractivity contribution is 5.76. The molecular weight excluding hydrogens is 266 g/mol. The molecule has 0 fully saturated rings. The normalized spacial score (nSPS) is 10.6. The van der Waals surface area contributed by atoms with Crippen LogP contribution in [0.15, 0.2) is 18.6 Å². The van der Waals surface area contributed by atoms with E-state index in [0.717, 1.165) is 23.5 Å². The van der Waals surface area contributed by atoms with Gasteiger partial charge in [0, 0.05) is 50.7 Å². The number of hydrogen-bond acceptors (Lipinski definition) is 4. The maximum absolute atomic E-state index is 11.9. The van der Waals surface area contributed by atoms with E-state index in [4.69, 9.17) is 0 Å². The number of nitrogens with one attached hydrogen (secondary N) is 1. The zero-order valence-corrected chi connectivity index (χ0v) is 12.8. The van der Waals surface area contributed by atoms with Crippen LogP contribution in [0, 0.1) is 13.8 Å². The second-order valence-electron chi connectivity index (χ2n) is 5.07. The zero-order chi connectivity index (χ0) is 15.2. The first-order chi connectivity index (χ1) is 10.1. The molecule has 0 aliphatic heterocycles. The number of nitrogens with zero attached hydrogens (tertiary/aromatic N) is 4. The molecule has 0 aliphatic rings. The lowest BCUT2D eigenvalue weighted by molar-refractivity contribution is -0.121. The number of rotatable bonds is 6. The van der Waals surface area contributed by atoms with Crippen molar-refractivity contribution in [2.24, 2.45) is 7.05 Å². The molecular formula is C15H21N5O. The SMILES string of the molecule is Cc1nn(C)c(C)c1CCC(=O)NCCc1cnccn1. The van der Waals surface area contributed by atoms with Gasteiger partial charge in [-0.1, -0.05) is 0 Å². The Morgan fingerprint density at radius 2 is 2.10 bits per heavy atom. The van der Waals surface area contributed by atoms with E-state index < -0.39 is 0 Å². The molecule has 6 nitrogen and oxygen atoms in total. The van der Waals surface area contributed by atoms with Gasteiger partial charge < -0.3 is 5.32 Å². The van der Waals surface area contributed by atoms with Gasteiger partial charge in [0.2, 0.25) is 5.91 Å². The molecule has 0 atom stereocenters. The Labute approximate surface area is 124 Å². The molecule has 0 aliphatic carbocycles. The minimum atomic E-state index is 0.0570. The number of hydrogen-bond donors (Lipinski definition) is 1. The third kappa shape index (κ3) is 4.11. The van der Waals surface area contributed by atoms with E-state index in [1.165, 1.54) is 5.56 Å². The summed E-state index contributed by atoms with van der Waals surface area (Å²) in [4.78, 5) is 20.0. The second kappa shape index (κ2) is 6.97. The maximum atomic E-state index is 11.9. The number of aromatic nitrogens is 4. The molecule has 6 heteroatoms. The smallest absolute Gasteiger partial charge is 0.220 e. The molecule has 2 aromatic heterocycles. The van der Waals surface area contributed by atoms with E-state index in [1.807, 2.05) is 25.6 Å². The first-order valence-corrected chi connectivity index (χ1v) is 7.08. The van der Waals surface area contributed by atoms with Crippen LogP contribution in [0.4, 0.5) is 0 Å². The van der Waals surface area contributed by atoms with Crippen molar-refractivity contribution in [3.05, 3.63) is 41.2 Å². The molecule has 0 spiro atoms.